The number of carbonyl (C=O) groups excluding carboxylic acids is 1. The second-order valence-electron chi connectivity index (χ2n) is 4.50. The van der Waals surface area contributed by atoms with Gasteiger partial charge in [-0.25, -0.2) is 4.68 Å². The van der Waals surface area contributed by atoms with Gasteiger partial charge >= 0.3 is 0 Å². The van der Waals surface area contributed by atoms with E-state index in [4.69, 9.17) is 9.47 Å². The minimum absolute atomic E-state index is 0.0496. The summed E-state index contributed by atoms with van der Waals surface area (Å²) in [6.45, 7) is 0.408. The molecule has 0 spiro atoms. The molecule has 0 N–H and O–H groups in total. The Morgan fingerprint density at radius 1 is 1.47 bits per heavy atom. The second kappa shape index (κ2) is 4.19. The molecule has 2 aliphatic heterocycles. The van der Waals surface area contributed by atoms with Gasteiger partial charge in [0.2, 0.25) is 6.29 Å². The highest BCUT2D eigenvalue weighted by Crippen LogP contribution is 2.35. The van der Waals surface area contributed by atoms with Gasteiger partial charge in [-0.05, 0) is 21.9 Å². The van der Waals surface area contributed by atoms with Crippen molar-refractivity contribution in [2.24, 2.45) is 0 Å². The third-order valence-electron chi connectivity index (χ3n) is 3.36. The molecule has 4 heterocycles. The van der Waals surface area contributed by atoms with E-state index in [9.17, 15) is 4.79 Å². The summed E-state index contributed by atoms with van der Waals surface area (Å²) < 4.78 is 12.5. The van der Waals surface area contributed by atoms with Gasteiger partial charge in [-0.15, -0.1) is 16.4 Å². The van der Waals surface area contributed by atoms with Crippen LogP contribution in [0.15, 0.2) is 17.5 Å². The average molecular weight is 278 g/mol. The Bertz CT molecular complexity index is 611. The van der Waals surface area contributed by atoms with E-state index in [1.165, 1.54) is 0 Å². The van der Waals surface area contributed by atoms with E-state index in [1.54, 1.807) is 16.0 Å². The summed E-state index contributed by atoms with van der Waals surface area (Å²) in [5.41, 5.74) is 0. The van der Waals surface area contributed by atoms with Crippen LogP contribution in [-0.2, 0) is 14.3 Å². The van der Waals surface area contributed by atoms with Gasteiger partial charge in [-0.3, -0.25) is 4.79 Å². The molecule has 2 bridgehead atoms. The number of tetrazole rings is 1. The van der Waals surface area contributed by atoms with Crippen molar-refractivity contribution in [3.8, 4) is 10.7 Å². The molecule has 2 saturated heterocycles. The largest absolute Gasteiger partial charge is 0.343 e. The zero-order valence-corrected chi connectivity index (χ0v) is 10.6. The number of rotatable bonds is 2. The van der Waals surface area contributed by atoms with Crippen LogP contribution in [0, 0.1) is 0 Å². The van der Waals surface area contributed by atoms with Crippen molar-refractivity contribution in [3.63, 3.8) is 0 Å². The topological polar surface area (TPSA) is 79.1 Å². The third-order valence-corrected chi connectivity index (χ3v) is 4.23. The normalized spacial score (nSPS) is 29.9. The van der Waals surface area contributed by atoms with Gasteiger partial charge in [-0.1, -0.05) is 6.07 Å². The number of fused-ring (bicyclic) bond motifs is 2. The number of hydrogen-bond acceptors (Lipinski definition) is 7. The lowest BCUT2D eigenvalue weighted by molar-refractivity contribution is -0.156. The van der Waals surface area contributed by atoms with E-state index in [2.05, 4.69) is 15.5 Å². The zero-order chi connectivity index (χ0) is 12.8. The number of Topliss-reactive ketones (excluding diaryl/α,β-unsaturated/α-hetero) is 1. The highest BCUT2D eigenvalue weighted by Gasteiger charge is 2.45. The Labute approximate surface area is 112 Å². The first-order valence-electron chi connectivity index (χ1n) is 5.94. The molecule has 98 valence electrons. The van der Waals surface area contributed by atoms with Crippen LogP contribution in [0.3, 0.4) is 0 Å². The van der Waals surface area contributed by atoms with Crippen molar-refractivity contribution in [1.29, 1.82) is 0 Å². The molecule has 19 heavy (non-hydrogen) atoms. The lowest BCUT2D eigenvalue weighted by Gasteiger charge is -2.26. The molecule has 7 nitrogen and oxygen atoms in total. The molecule has 8 heteroatoms. The van der Waals surface area contributed by atoms with Gasteiger partial charge in [0.05, 0.1) is 17.5 Å². The van der Waals surface area contributed by atoms with E-state index in [0.29, 0.717) is 18.9 Å². The number of thiophene rings is 1. The first kappa shape index (κ1) is 11.2. The van der Waals surface area contributed by atoms with Gasteiger partial charge in [0.1, 0.15) is 6.10 Å². The van der Waals surface area contributed by atoms with Crippen LogP contribution in [0.2, 0.25) is 0 Å². The fraction of sp³-hybridized carbons (Fsp3) is 0.455. The summed E-state index contributed by atoms with van der Waals surface area (Å²) in [6.07, 6.45) is -0.508. The van der Waals surface area contributed by atoms with Crippen molar-refractivity contribution in [2.75, 3.05) is 6.61 Å². The Morgan fingerprint density at radius 3 is 3.26 bits per heavy atom. The van der Waals surface area contributed by atoms with Crippen LogP contribution < -0.4 is 0 Å². The predicted octanol–water partition coefficient (Wildman–Crippen LogP) is 0.657. The first-order chi connectivity index (χ1) is 9.33. The van der Waals surface area contributed by atoms with Crippen LogP contribution in [0.4, 0.5) is 0 Å². The third kappa shape index (κ3) is 1.71. The molecule has 3 atom stereocenters. The molecular formula is C11H10N4O3S. The van der Waals surface area contributed by atoms with Crippen LogP contribution in [0.5, 0.6) is 0 Å². The smallest absolute Gasteiger partial charge is 0.218 e. The minimum Gasteiger partial charge on any atom is -0.343 e. The van der Waals surface area contributed by atoms with E-state index in [0.717, 1.165) is 4.88 Å². The van der Waals surface area contributed by atoms with Crippen molar-refractivity contribution in [2.45, 2.75) is 24.9 Å². The molecule has 2 fully saturated rings. The van der Waals surface area contributed by atoms with Gasteiger partial charge in [-0.2, -0.15) is 0 Å². The van der Waals surface area contributed by atoms with Crippen molar-refractivity contribution in [3.05, 3.63) is 17.5 Å². The highest BCUT2D eigenvalue weighted by molar-refractivity contribution is 7.13. The fourth-order valence-electron chi connectivity index (χ4n) is 2.45. The van der Waals surface area contributed by atoms with Gasteiger partial charge < -0.3 is 9.47 Å². The maximum atomic E-state index is 11.8. The minimum atomic E-state index is -0.692. The quantitative estimate of drug-likeness (QED) is 0.802. The molecule has 0 radical (unpaired) electrons. The summed E-state index contributed by atoms with van der Waals surface area (Å²) in [7, 11) is 0. The summed E-state index contributed by atoms with van der Waals surface area (Å²) in [5, 5.41) is 13.8. The van der Waals surface area contributed by atoms with Crippen LogP contribution >= 0.6 is 11.3 Å². The highest BCUT2D eigenvalue weighted by atomic mass is 32.1. The van der Waals surface area contributed by atoms with Crippen LogP contribution in [0.25, 0.3) is 10.7 Å². The summed E-state index contributed by atoms with van der Waals surface area (Å²) in [4.78, 5) is 12.8. The standard InChI is InChI=1S/C11H10N4O3S/c16-7-4-6(8-5-17-11(7)18-8)15-10(12-13-14-15)9-2-1-3-19-9/h1-3,6,8,11H,4-5H2/t6-,8+,11+/m0/s1. The molecular weight excluding hydrogens is 268 g/mol. The first-order valence-corrected chi connectivity index (χ1v) is 6.82. The lowest BCUT2D eigenvalue weighted by atomic mass is 10.0. The van der Waals surface area contributed by atoms with Gasteiger partial charge in [0.15, 0.2) is 11.6 Å². The van der Waals surface area contributed by atoms with Gasteiger partial charge in [0.25, 0.3) is 0 Å². The van der Waals surface area contributed by atoms with Crippen molar-refractivity contribution in [1.82, 2.24) is 20.2 Å². The summed E-state index contributed by atoms with van der Waals surface area (Å²) in [6, 6.07) is 3.70. The van der Waals surface area contributed by atoms with Crippen molar-refractivity contribution >= 4 is 17.1 Å². The van der Waals surface area contributed by atoms with E-state index >= 15 is 0 Å². The van der Waals surface area contributed by atoms with E-state index < -0.39 is 6.29 Å². The maximum absolute atomic E-state index is 11.8. The number of ether oxygens (including phenoxy) is 2. The molecule has 4 rings (SSSR count). The van der Waals surface area contributed by atoms with E-state index in [1.807, 2.05) is 17.5 Å². The Kier molecular flexibility index (Phi) is 2.47. The second-order valence-corrected chi connectivity index (χ2v) is 5.45. The number of carbonyl (C=O) groups is 1. The Balaban J connectivity index is 1.73. The molecule has 0 aromatic carbocycles. The number of hydrogen-bond donors (Lipinski definition) is 0. The SMILES string of the molecule is O=C1C[C@H](n2nnnc2-c2cccs2)[C@H]2CO[C@@H]1O2. The molecule has 2 aromatic rings. The summed E-state index contributed by atoms with van der Waals surface area (Å²) >= 11 is 1.56. The monoisotopic (exact) mass is 278 g/mol. The Hall–Kier alpha value is -1.64. The van der Waals surface area contributed by atoms with Crippen LogP contribution in [-0.4, -0.2) is 45.0 Å². The molecule has 0 unspecified atom stereocenters. The predicted molar refractivity (Wildman–Crippen MR) is 64.4 cm³/mol. The fourth-order valence-corrected chi connectivity index (χ4v) is 3.15. The zero-order valence-electron chi connectivity index (χ0n) is 9.80. The summed E-state index contributed by atoms with van der Waals surface area (Å²) in [5.74, 6) is 0.619. The molecule has 2 aromatic heterocycles. The van der Waals surface area contributed by atoms with Gasteiger partial charge in [0, 0.05) is 6.42 Å². The Morgan fingerprint density at radius 2 is 2.42 bits per heavy atom. The number of ketones is 1. The lowest BCUT2D eigenvalue weighted by Crippen LogP contribution is -2.37. The molecule has 2 aliphatic rings. The maximum Gasteiger partial charge on any atom is 0.218 e. The van der Waals surface area contributed by atoms with Crippen LogP contribution in [0.1, 0.15) is 12.5 Å². The molecule has 0 saturated carbocycles. The molecule has 0 amide bonds. The van der Waals surface area contributed by atoms with Crippen molar-refractivity contribution < 1.29 is 14.3 Å². The molecule has 0 aliphatic carbocycles. The number of nitrogens with zero attached hydrogens (tertiary/aromatic N) is 4. The average Bonchev–Trinajstić information content (AvgIpc) is 3.14. The number of aromatic nitrogens is 4. The van der Waals surface area contributed by atoms with E-state index in [-0.39, 0.29) is 17.9 Å².